The summed E-state index contributed by atoms with van der Waals surface area (Å²) in [6.07, 6.45) is 4.06. The molecule has 0 bridgehead atoms. The van der Waals surface area contributed by atoms with Crippen LogP contribution in [0.3, 0.4) is 0 Å². The van der Waals surface area contributed by atoms with E-state index in [4.69, 9.17) is 0 Å². The van der Waals surface area contributed by atoms with Crippen LogP contribution in [-0.2, 0) is 22.8 Å². The van der Waals surface area contributed by atoms with Gasteiger partial charge >= 0.3 is 0 Å². The second kappa shape index (κ2) is 5.80. The molecule has 0 aromatic carbocycles. The predicted octanol–water partition coefficient (Wildman–Crippen LogP) is 2.44. The third kappa shape index (κ3) is 3.87. The monoisotopic (exact) mass is 286 g/mol. The van der Waals surface area contributed by atoms with Gasteiger partial charge in [0.15, 0.2) is 0 Å². The predicted molar refractivity (Wildman–Crippen MR) is 78.6 cm³/mol. The molecular formula is C13H22N2OS2. The van der Waals surface area contributed by atoms with Crippen molar-refractivity contribution in [2.45, 2.75) is 51.6 Å². The van der Waals surface area contributed by atoms with Crippen molar-refractivity contribution in [2.75, 3.05) is 11.5 Å². The lowest BCUT2D eigenvalue weighted by atomic mass is 9.98. The summed E-state index contributed by atoms with van der Waals surface area (Å²) < 4.78 is 11.3. The fourth-order valence-corrected chi connectivity index (χ4v) is 4.20. The van der Waals surface area contributed by atoms with E-state index >= 15 is 0 Å². The standard InChI is InChI=1S/C13H22N2OS2/c1-13(2,3)12-15-9-11(17-12)8-14-10-4-6-18(16)7-5-10/h9-10,14H,4-8H2,1-3H3. The van der Waals surface area contributed by atoms with Gasteiger partial charge < -0.3 is 5.32 Å². The first kappa shape index (κ1) is 14.2. The van der Waals surface area contributed by atoms with E-state index in [1.54, 1.807) is 11.3 Å². The lowest BCUT2D eigenvalue weighted by Crippen LogP contribution is -2.35. The Morgan fingerprint density at radius 2 is 2.11 bits per heavy atom. The number of rotatable bonds is 3. The van der Waals surface area contributed by atoms with Gasteiger partial charge in [-0.1, -0.05) is 20.8 Å². The Bertz CT molecular complexity index is 413. The van der Waals surface area contributed by atoms with Gasteiger partial charge in [0.2, 0.25) is 0 Å². The summed E-state index contributed by atoms with van der Waals surface area (Å²) in [5.74, 6) is 1.71. The topological polar surface area (TPSA) is 42.0 Å². The highest BCUT2D eigenvalue weighted by Crippen LogP contribution is 2.26. The van der Waals surface area contributed by atoms with Crippen LogP contribution in [0.1, 0.15) is 43.5 Å². The van der Waals surface area contributed by atoms with Gasteiger partial charge in [-0.05, 0) is 12.8 Å². The van der Waals surface area contributed by atoms with Crippen LogP contribution >= 0.6 is 11.3 Å². The molecule has 1 aliphatic rings. The fourth-order valence-electron chi connectivity index (χ4n) is 1.98. The molecule has 2 heterocycles. The number of hydrogen-bond acceptors (Lipinski definition) is 4. The van der Waals surface area contributed by atoms with Gasteiger partial charge in [0.1, 0.15) is 0 Å². The van der Waals surface area contributed by atoms with E-state index in [-0.39, 0.29) is 5.41 Å². The van der Waals surface area contributed by atoms with Crippen molar-refractivity contribution in [3.05, 3.63) is 16.1 Å². The molecule has 1 aliphatic heterocycles. The molecule has 3 nitrogen and oxygen atoms in total. The van der Waals surface area contributed by atoms with Crippen molar-refractivity contribution in [1.29, 1.82) is 0 Å². The second-order valence-electron chi connectivity index (χ2n) is 5.88. The zero-order valence-electron chi connectivity index (χ0n) is 11.4. The number of hydrogen-bond donors (Lipinski definition) is 1. The molecule has 0 saturated carbocycles. The maximum atomic E-state index is 11.3. The zero-order valence-corrected chi connectivity index (χ0v) is 13.0. The average molecular weight is 286 g/mol. The summed E-state index contributed by atoms with van der Waals surface area (Å²) in [7, 11) is -0.566. The van der Waals surface area contributed by atoms with Crippen LogP contribution in [0, 0.1) is 0 Å². The Morgan fingerprint density at radius 3 is 2.67 bits per heavy atom. The van der Waals surface area contributed by atoms with Gasteiger partial charge in [-0.15, -0.1) is 11.3 Å². The highest BCUT2D eigenvalue weighted by molar-refractivity contribution is 7.85. The summed E-state index contributed by atoms with van der Waals surface area (Å²) in [4.78, 5) is 5.79. The van der Waals surface area contributed by atoms with Gasteiger partial charge in [-0.25, -0.2) is 4.98 Å². The van der Waals surface area contributed by atoms with Crippen molar-refractivity contribution < 1.29 is 4.21 Å². The molecular weight excluding hydrogens is 264 g/mol. The number of thiazole rings is 1. The molecule has 1 aromatic heterocycles. The fraction of sp³-hybridized carbons (Fsp3) is 0.769. The highest BCUT2D eigenvalue weighted by Gasteiger charge is 2.19. The first-order valence-electron chi connectivity index (χ1n) is 6.49. The first-order chi connectivity index (χ1) is 8.45. The molecule has 5 heteroatoms. The van der Waals surface area contributed by atoms with Crippen LogP contribution in [-0.4, -0.2) is 26.7 Å². The second-order valence-corrected chi connectivity index (χ2v) is 8.70. The van der Waals surface area contributed by atoms with Gasteiger partial charge in [0.05, 0.1) is 5.01 Å². The highest BCUT2D eigenvalue weighted by atomic mass is 32.2. The molecule has 0 spiro atoms. The van der Waals surface area contributed by atoms with Gasteiger partial charge in [0, 0.05) is 51.4 Å². The van der Waals surface area contributed by atoms with Gasteiger partial charge in [-0.2, -0.15) is 0 Å². The van der Waals surface area contributed by atoms with Crippen LogP contribution in [0.25, 0.3) is 0 Å². The van der Waals surface area contributed by atoms with Crippen LogP contribution in [0.5, 0.6) is 0 Å². The lowest BCUT2D eigenvalue weighted by Gasteiger charge is -2.22. The minimum Gasteiger partial charge on any atom is -0.309 e. The summed E-state index contributed by atoms with van der Waals surface area (Å²) in [6.45, 7) is 7.48. The summed E-state index contributed by atoms with van der Waals surface area (Å²) >= 11 is 1.80. The minimum absolute atomic E-state index is 0.144. The third-order valence-corrected chi connectivity index (χ3v) is 5.95. The zero-order chi connectivity index (χ0) is 13.2. The smallest absolute Gasteiger partial charge is 0.0981 e. The maximum absolute atomic E-state index is 11.3. The lowest BCUT2D eigenvalue weighted by molar-refractivity contribution is 0.477. The van der Waals surface area contributed by atoms with E-state index in [0.29, 0.717) is 6.04 Å². The SMILES string of the molecule is CC(C)(C)c1ncc(CNC2CCS(=O)CC2)s1. The molecule has 1 N–H and O–H groups in total. The molecule has 1 saturated heterocycles. The van der Waals surface area contributed by atoms with Crippen molar-refractivity contribution in [2.24, 2.45) is 0 Å². The van der Waals surface area contributed by atoms with Crippen molar-refractivity contribution in [3.63, 3.8) is 0 Å². The van der Waals surface area contributed by atoms with Crippen molar-refractivity contribution >= 4 is 22.1 Å². The van der Waals surface area contributed by atoms with Crippen LogP contribution in [0.4, 0.5) is 0 Å². The Kier molecular flexibility index (Phi) is 4.56. The Labute approximate surface area is 116 Å². The molecule has 1 fully saturated rings. The number of nitrogens with zero attached hydrogens (tertiary/aromatic N) is 1. The summed E-state index contributed by atoms with van der Waals surface area (Å²) in [6, 6.07) is 0.530. The largest absolute Gasteiger partial charge is 0.309 e. The third-order valence-electron chi connectivity index (χ3n) is 3.15. The van der Waals surface area contributed by atoms with Crippen LogP contribution in [0.2, 0.25) is 0 Å². The maximum Gasteiger partial charge on any atom is 0.0981 e. The van der Waals surface area contributed by atoms with Crippen LogP contribution in [0.15, 0.2) is 6.20 Å². The van der Waals surface area contributed by atoms with E-state index in [1.165, 1.54) is 9.88 Å². The normalized spacial score (nSPS) is 25.3. The molecule has 0 aliphatic carbocycles. The molecule has 0 atom stereocenters. The van der Waals surface area contributed by atoms with E-state index in [0.717, 1.165) is 30.9 Å². The Hall–Kier alpha value is -0.260. The molecule has 0 amide bonds. The number of aromatic nitrogens is 1. The average Bonchev–Trinajstić information content (AvgIpc) is 2.77. The Morgan fingerprint density at radius 1 is 1.44 bits per heavy atom. The number of nitrogens with one attached hydrogen (secondary N) is 1. The molecule has 18 heavy (non-hydrogen) atoms. The quantitative estimate of drug-likeness (QED) is 0.928. The summed E-state index contributed by atoms with van der Waals surface area (Å²) in [5.41, 5.74) is 0.144. The van der Waals surface area contributed by atoms with Gasteiger partial charge in [0.25, 0.3) is 0 Å². The first-order valence-corrected chi connectivity index (χ1v) is 8.79. The minimum atomic E-state index is -0.566. The Balaban J connectivity index is 1.83. The molecule has 102 valence electrons. The van der Waals surface area contributed by atoms with E-state index in [2.05, 4.69) is 31.1 Å². The molecule has 0 unspecified atom stereocenters. The van der Waals surface area contributed by atoms with Crippen molar-refractivity contribution in [3.8, 4) is 0 Å². The van der Waals surface area contributed by atoms with E-state index in [1.807, 2.05) is 6.20 Å². The molecule has 1 aromatic rings. The van der Waals surface area contributed by atoms with Crippen LogP contribution < -0.4 is 5.32 Å². The van der Waals surface area contributed by atoms with Gasteiger partial charge in [-0.3, -0.25) is 4.21 Å². The summed E-state index contributed by atoms with van der Waals surface area (Å²) in [5, 5.41) is 4.76. The molecule has 0 radical (unpaired) electrons. The molecule has 2 rings (SSSR count). The van der Waals surface area contributed by atoms with E-state index < -0.39 is 10.8 Å². The van der Waals surface area contributed by atoms with Crippen molar-refractivity contribution in [1.82, 2.24) is 10.3 Å². The van der Waals surface area contributed by atoms with E-state index in [9.17, 15) is 4.21 Å².